The standard InChI is InChI=1S/C13H16N4O7/c1-16(11(14)19)12(20)23-4-6-5-2-3-15-7-8(5)17(9(7)18)10(6)24-13(21)22/h5,7-8,15H,2-4H2,1H3,(H2,14,19)(H,21,22)/t5?,7-,8+/m0/s1. The number of nitrogens with one attached hydrogen (secondary N) is 1. The Kier molecular flexibility index (Phi) is 3.79. The fourth-order valence-corrected chi connectivity index (χ4v) is 3.32. The Morgan fingerprint density at radius 2 is 2.17 bits per heavy atom. The molecular weight excluding hydrogens is 324 g/mol. The molecule has 0 aromatic rings. The summed E-state index contributed by atoms with van der Waals surface area (Å²) >= 11 is 0. The highest BCUT2D eigenvalue weighted by Crippen LogP contribution is 2.46. The molecule has 0 spiro atoms. The Hall–Kier alpha value is -2.82. The lowest BCUT2D eigenvalue weighted by molar-refractivity contribution is -0.152. The molecule has 3 heterocycles. The summed E-state index contributed by atoms with van der Waals surface area (Å²) in [5.74, 6) is -0.566. The third-order valence-corrected chi connectivity index (χ3v) is 4.46. The van der Waals surface area contributed by atoms with E-state index in [1.54, 1.807) is 0 Å². The summed E-state index contributed by atoms with van der Waals surface area (Å²) in [6.45, 7) is 0.279. The number of carbonyl (C=O) groups is 4. The highest BCUT2D eigenvalue weighted by atomic mass is 16.7. The van der Waals surface area contributed by atoms with Gasteiger partial charge >= 0.3 is 18.3 Å². The fourth-order valence-electron chi connectivity index (χ4n) is 3.32. The van der Waals surface area contributed by atoms with Crippen molar-refractivity contribution in [2.45, 2.75) is 18.5 Å². The van der Waals surface area contributed by atoms with Gasteiger partial charge in [0.15, 0.2) is 0 Å². The molecule has 2 fully saturated rings. The molecule has 11 heteroatoms. The lowest BCUT2D eigenvalue weighted by atomic mass is 9.79. The molecule has 0 bridgehead atoms. The largest absolute Gasteiger partial charge is 0.512 e. The third kappa shape index (κ3) is 2.33. The minimum absolute atomic E-state index is 0.114. The molecule has 11 nitrogen and oxygen atoms in total. The van der Waals surface area contributed by atoms with Gasteiger partial charge in [-0.05, 0) is 13.0 Å². The second-order valence-electron chi connectivity index (χ2n) is 5.68. The number of imide groups is 1. The summed E-state index contributed by atoms with van der Waals surface area (Å²) < 4.78 is 9.76. The first-order valence-electron chi connectivity index (χ1n) is 7.23. The van der Waals surface area contributed by atoms with E-state index < -0.39 is 24.3 Å². The number of amides is 4. The number of hydrogen-bond acceptors (Lipinski definition) is 7. The van der Waals surface area contributed by atoms with Gasteiger partial charge in [0.05, 0.1) is 6.04 Å². The smallest absolute Gasteiger partial charge is 0.449 e. The molecule has 3 aliphatic rings. The van der Waals surface area contributed by atoms with Gasteiger partial charge in [-0.1, -0.05) is 0 Å². The van der Waals surface area contributed by atoms with Crippen LogP contribution in [0.5, 0.6) is 0 Å². The van der Waals surface area contributed by atoms with Crippen LogP contribution in [-0.2, 0) is 14.3 Å². The van der Waals surface area contributed by atoms with Crippen LogP contribution in [0.2, 0.25) is 0 Å². The number of urea groups is 1. The first-order valence-corrected chi connectivity index (χ1v) is 7.23. The fraction of sp³-hybridized carbons (Fsp3) is 0.538. The monoisotopic (exact) mass is 340 g/mol. The van der Waals surface area contributed by atoms with Crippen LogP contribution in [0.4, 0.5) is 14.4 Å². The number of carbonyl (C=O) groups excluding carboxylic acids is 3. The van der Waals surface area contributed by atoms with Crippen molar-refractivity contribution >= 4 is 24.2 Å². The quantitative estimate of drug-likeness (QED) is 0.448. The van der Waals surface area contributed by atoms with Gasteiger partial charge in [-0.2, -0.15) is 0 Å². The lowest BCUT2D eigenvalue weighted by Gasteiger charge is -2.48. The van der Waals surface area contributed by atoms with Crippen LogP contribution < -0.4 is 11.1 Å². The van der Waals surface area contributed by atoms with Gasteiger partial charge in [0.1, 0.15) is 12.6 Å². The van der Waals surface area contributed by atoms with Gasteiger partial charge in [-0.25, -0.2) is 19.3 Å². The van der Waals surface area contributed by atoms with Crippen molar-refractivity contribution < 1.29 is 33.8 Å². The van der Waals surface area contributed by atoms with E-state index in [0.29, 0.717) is 23.4 Å². The Balaban J connectivity index is 1.81. The SMILES string of the molecule is CN(C(N)=O)C(=O)OCC1=C(OC(=O)O)N2C(=O)[C@H]3NCCC1[C@H]32. The number of carboxylic acid groups (broad SMARTS) is 1. The van der Waals surface area contributed by atoms with Gasteiger partial charge in [-0.3, -0.25) is 9.69 Å². The van der Waals surface area contributed by atoms with Crippen LogP contribution in [-0.4, -0.2) is 71.4 Å². The summed E-state index contributed by atoms with van der Waals surface area (Å²) in [4.78, 5) is 47.6. The summed E-state index contributed by atoms with van der Waals surface area (Å²) in [5, 5.41) is 12.0. The molecule has 0 saturated carbocycles. The van der Waals surface area contributed by atoms with E-state index in [4.69, 9.17) is 20.3 Å². The molecule has 0 radical (unpaired) electrons. The summed E-state index contributed by atoms with van der Waals surface area (Å²) in [6.07, 6.45) is -1.91. The van der Waals surface area contributed by atoms with E-state index in [9.17, 15) is 19.2 Å². The minimum Gasteiger partial charge on any atom is -0.449 e. The first kappa shape index (κ1) is 16.1. The van der Waals surface area contributed by atoms with E-state index in [2.05, 4.69) is 5.32 Å². The maximum absolute atomic E-state index is 12.1. The summed E-state index contributed by atoms with van der Waals surface area (Å²) in [5.41, 5.74) is 5.39. The zero-order chi connectivity index (χ0) is 17.6. The van der Waals surface area contributed by atoms with Gasteiger partial charge in [0.2, 0.25) is 11.8 Å². The van der Waals surface area contributed by atoms with E-state index in [0.717, 1.165) is 7.05 Å². The van der Waals surface area contributed by atoms with E-state index >= 15 is 0 Å². The average Bonchev–Trinajstić information content (AvgIpc) is 2.82. The zero-order valence-electron chi connectivity index (χ0n) is 12.7. The molecule has 24 heavy (non-hydrogen) atoms. The average molecular weight is 340 g/mol. The molecule has 0 aromatic carbocycles. The number of piperidine rings is 1. The van der Waals surface area contributed by atoms with Crippen molar-refractivity contribution in [3.8, 4) is 0 Å². The Labute approximate surface area is 135 Å². The first-order chi connectivity index (χ1) is 11.3. The molecule has 130 valence electrons. The number of ether oxygens (including phenoxy) is 2. The van der Waals surface area contributed by atoms with Crippen molar-refractivity contribution in [2.75, 3.05) is 20.2 Å². The molecule has 4 N–H and O–H groups in total. The van der Waals surface area contributed by atoms with E-state index in [1.165, 1.54) is 4.90 Å². The Bertz CT molecular complexity index is 661. The van der Waals surface area contributed by atoms with Crippen LogP contribution in [0.1, 0.15) is 6.42 Å². The number of primary amides is 1. The molecule has 2 saturated heterocycles. The Morgan fingerprint density at radius 3 is 2.79 bits per heavy atom. The predicted octanol–water partition coefficient (Wildman–Crippen LogP) is -0.758. The normalized spacial score (nSPS) is 27.3. The minimum atomic E-state index is -1.56. The molecule has 0 aromatic heterocycles. The molecule has 1 unspecified atom stereocenters. The van der Waals surface area contributed by atoms with Crippen LogP contribution in [0.3, 0.4) is 0 Å². The number of rotatable bonds is 3. The lowest BCUT2D eigenvalue weighted by Crippen LogP contribution is -2.71. The van der Waals surface area contributed by atoms with Crippen molar-refractivity contribution in [1.82, 2.24) is 15.1 Å². The highest BCUT2D eigenvalue weighted by molar-refractivity contribution is 5.93. The summed E-state index contributed by atoms with van der Waals surface area (Å²) in [7, 11) is 1.15. The van der Waals surface area contributed by atoms with Gasteiger partial charge < -0.3 is 25.6 Å². The number of β-lactam (4-membered cyclic amide) rings is 1. The van der Waals surface area contributed by atoms with Crippen molar-refractivity contribution in [3.63, 3.8) is 0 Å². The molecule has 4 amide bonds. The van der Waals surface area contributed by atoms with Gasteiger partial charge in [0, 0.05) is 18.5 Å². The van der Waals surface area contributed by atoms with Crippen LogP contribution in [0.15, 0.2) is 11.5 Å². The van der Waals surface area contributed by atoms with Crippen LogP contribution >= 0.6 is 0 Å². The molecular formula is C13H16N4O7. The highest BCUT2D eigenvalue weighted by Gasteiger charge is 2.61. The Morgan fingerprint density at radius 1 is 1.46 bits per heavy atom. The van der Waals surface area contributed by atoms with Crippen LogP contribution in [0, 0.1) is 5.92 Å². The maximum Gasteiger partial charge on any atom is 0.512 e. The molecule has 3 aliphatic heterocycles. The zero-order valence-corrected chi connectivity index (χ0v) is 12.7. The van der Waals surface area contributed by atoms with Crippen molar-refractivity contribution in [3.05, 3.63) is 11.5 Å². The number of nitrogens with zero attached hydrogens (tertiary/aromatic N) is 2. The molecule has 3 rings (SSSR count). The summed E-state index contributed by atoms with van der Waals surface area (Å²) in [6, 6.07) is -1.62. The second-order valence-corrected chi connectivity index (χ2v) is 5.68. The molecule has 3 atom stereocenters. The topological polar surface area (TPSA) is 152 Å². The molecule has 0 aliphatic carbocycles. The predicted molar refractivity (Wildman–Crippen MR) is 75.4 cm³/mol. The maximum atomic E-state index is 12.1. The second kappa shape index (κ2) is 5.67. The van der Waals surface area contributed by atoms with E-state index in [1.807, 2.05) is 0 Å². The third-order valence-electron chi connectivity index (χ3n) is 4.46. The van der Waals surface area contributed by atoms with Crippen molar-refractivity contribution in [1.29, 1.82) is 0 Å². The van der Waals surface area contributed by atoms with Crippen molar-refractivity contribution in [2.24, 2.45) is 11.7 Å². The van der Waals surface area contributed by atoms with Crippen LogP contribution in [0.25, 0.3) is 0 Å². The van der Waals surface area contributed by atoms with E-state index in [-0.39, 0.29) is 30.4 Å². The number of hydrogen-bond donors (Lipinski definition) is 3. The number of nitrogens with two attached hydrogens (primary N) is 1. The van der Waals surface area contributed by atoms with Gasteiger partial charge in [-0.15, -0.1) is 0 Å². The van der Waals surface area contributed by atoms with Gasteiger partial charge in [0.25, 0.3) is 0 Å².